The molecule has 3 aromatic carbocycles. The van der Waals surface area contributed by atoms with E-state index in [-0.39, 0.29) is 12.2 Å². The van der Waals surface area contributed by atoms with Crippen LogP contribution in [0.15, 0.2) is 72.8 Å². The molecule has 4 heteroatoms. The number of hydrogen-bond acceptors (Lipinski definition) is 4. The summed E-state index contributed by atoms with van der Waals surface area (Å²) in [6.45, 7) is 7.53. The van der Waals surface area contributed by atoms with E-state index in [1.165, 1.54) is 11.1 Å². The number of hydrogen-bond donors (Lipinski definition) is 1. The number of anilines is 1. The zero-order valence-electron chi connectivity index (χ0n) is 18.7. The standard InChI is InChI=1S/C27H31NO3/c1-19-10-8-9-13-21(19)17-28-22-14-15-24-23(16-22)25(29-4)26(27(2,3)31-24)30-18-20-11-6-5-7-12-20/h5-16,25-26,28H,17-18H2,1-4H3. The maximum atomic E-state index is 6.36. The molecule has 1 N–H and O–H groups in total. The first-order valence-corrected chi connectivity index (χ1v) is 10.8. The summed E-state index contributed by atoms with van der Waals surface area (Å²) in [7, 11) is 1.74. The van der Waals surface area contributed by atoms with Gasteiger partial charge >= 0.3 is 0 Å². The van der Waals surface area contributed by atoms with Crippen LogP contribution >= 0.6 is 0 Å². The molecular formula is C27H31NO3. The van der Waals surface area contributed by atoms with Crippen molar-refractivity contribution >= 4 is 5.69 Å². The lowest BCUT2D eigenvalue weighted by Crippen LogP contribution is -2.50. The highest BCUT2D eigenvalue weighted by molar-refractivity contribution is 5.54. The van der Waals surface area contributed by atoms with Crippen molar-refractivity contribution in [2.75, 3.05) is 12.4 Å². The van der Waals surface area contributed by atoms with Crippen molar-refractivity contribution in [2.45, 2.75) is 51.7 Å². The molecule has 2 unspecified atom stereocenters. The second-order valence-electron chi connectivity index (χ2n) is 8.61. The maximum absolute atomic E-state index is 6.36. The van der Waals surface area contributed by atoms with E-state index in [1.54, 1.807) is 7.11 Å². The summed E-state index contributed by atoms with van der Waals surface area (Å²) in [5.41, 5.74) is 5.22. The minimum Gasteiger partial charge on any atom is -0.485 e. The average Bonchev–Trinajstić information content (AvgIpc) is 2.77. The summed E-state index contributed by atoms with van der Waals surface area (Å²) < 4.78 is 18.7. The van der Waals surface area contributed by atoms with Gasteiger partial charge < -0.3 is 19.5 Å². The Kier molecular flexibility index (Phi) is 6.30. The second-order valence-corrected chi connectivity index (χ2v) is 8.61. The number of ether oxygens (including phenoxy) is 3. The lowest BCUT2D eigenvalue weighted by Gasteiger charge is -2.44. The molecule has 0 radical (unpaired) electrons. The Labute approximate surface area is 185 Å². The molecule has 4 rings (SSSR count). The number of rotatable bonds is 7. The number of methoxy groups -OCH3 is 1. The fourth-order valence-electron chi connectivity index (χ4n) is 4.15. The van der Waals surface area contributed by atoms with Gasteiger partial charge in [0.15, 0.2) is 0 Å². The first kappa shape index (κ1) is 21.4. The molecule has 4 nitrogen and oxygen atoms in total. The summed E-state index contributed by atoms with van der Waals surface area (Å²) in [5, 5.41) is 3.54. The Morgan fingerprint density at radius 3 is 2.45 bits per heavy atom. The minimum absolute atomic E-state index is 0.220. The first-order valence-electron chi connectivity index (χ1n) is 10.8. The van der Waals surface area contributed by atoms with E-state index in [0.717, 1.165) is 29.1 Å². The van der Waals surface area contributed by atoms with Crippen LogP contribution in [0, 0.1) is 6.92 Å². The van der Waals surface area contributed by atoms with Crippen LogP contribution in [0.1, 0.15) is 42.2 Å². The average molecular weight is 418 g/mol. The van der Waals surface area contributed by atoms with Gasteiger partial charge in [-0.2, -0.15) is 0 Å². The van der Waals surface area contributed by atoms with Crippen molar-refractivity contribution in [1.29, 1.82) is 0 Å². The smallest absolute Gasteiger partial charge is 0.132 e. The van der Waals surface area contributed by atoms with Crippen LogP contribution in [0.2, 0.25) is 0 Å². The maximum Gasteiger partial charge on any atom is 0.132 e. The molecule has 0 aliphatic carbocycles. The van der Waals surface area contributed by atoms with Crippen LogP contribution in [0.3, 0.4) is 0 Å². The van der Waals surface area contributed by atoms with Crippen molar-refractivity contribution < 1.29 is 14.2 Å². The van der Waals surface area contributed by atoms with Crippen LogP contribution in [-0.4, -0.2) is 18.8 Å². The molecule has 1 heterocycles. The summed E-state index contributed by atoms with van der Waals surface area (Å²) in [6.07, 6.45) is -0.459. The zero-order valence-corrected chi connectivity index (χ0v) is 18.7. The van der Waals surface area contributed by atoms with Gasteiger partial charge in [0.25, 0.3) is 0 Å². The van der Waals surface area contributed by atoms with E-state index in [4.69, 9.17) is 14.2 Å². The summed E-state index contributed by atoms with van der Waals surface area (Å²) in [6, 6.07) is 24.8. The third-order valence-electron chi connectivity index (χ3n) is 5.92. The monoisotopic (exact) mass is 417 g/mol. The molecule has 0 saturated carbocycles. The van der Waals surface area contributed by atoms with Gasteiger partial charge in [-0.25, -0.2) is 0 Å². The molecule has 2 atom stereocenters. The topological polar surface area (TPSA) is 39.7 Å². The summed E-state index contributed by atoms with van der Waals surface area (Å²) in [5.74, 6) is 0.845. The molecule has 0 saturated heterocycles. The lowest BCUT2D eigenvalue weighted by molar-refractivity contribution is -0.159. The fraction of sp³-hybridized carbons (Fsp3) is 0.333. The molecule has 3 aromatic rings. The van der Waals surface area contributed by atoms with Crippen LogP contribution < -0.4 is 10.1 Å². The van der Waals surface area contributed by atoms with Gasteiger partial charge in [0.05, 0.1) is 6.61 Å². The molecule has 0 fully saturated rings. The highest BCUT2D eigenvalue weighted by Gasteiger charge is 2.45. The predicted molar refractivity (Wildman–Crippen MR) is 124 cm³/mol. The molecular weight excluding hydrogens is 386 g/mol. The van der Waals surface area contributed by atoms with Gasteiger partial charge in [0, 0.05) is 24.9 Å². The van der Waals surface area contributed by atoms with E-state index >= 15 is 0 Å². The molecule has 1 aliphatic heterocycles. The molecule has 0 aromatic heterocycles. The van der Waals surface area contributed by atoms with Gasteiger partial charge in [-0.15, -0.1) is 0 Å². The van der Waals surface area contributed by atoms with Crippen molar-refractivity contribution in [3.8, 4) is 5.75 Å². The van der Waals surface area contributed by atoms with E-state index in [0.29, 0.717) is 6.61 Å². The predicted octanol–water partition coefficient (Wildman–Crippen LogP) is 6.05. The van der Waals surface area contributed by atoms with Gasteiger partial charge in [0.1, 0.15) is 23.6 Å². The van der Waals surface area contributed by atoms with E-state index < -0.39 is 5.60 Å². The Bertz CT molecular complexity index is 1020. The number of aryl methyl sites for hydroxylation is 1. The second kappa shape index (κ2) is 9.13. The van der Waals surface area contributed by atoms with Crippen LogP contribution in [0.5, 0.6) is 5.75 Å². The lowest BCUT2D eigenvalue weighted by atomic mass is 9.88. The SMILES string of the molecule is COC1c2cc(NCc3ccccc3C)ccc2OC(C)(C)C1OCc1ccccc1. The van der Waals surface area contributed by atoms with Crippen LogP contribution in [0.4, 0.5) is 5.69 Å². The molecule has 0 amide bonds. The number of nitrogens with one attached hydrogen (secondary N) is 1. The van der Waals surface area contributed by atoms with Gasteiger partial charge in [-0.3, -0.25) is 0 Å². The van der Waals surface area contributed by atoms with E-state index in [9.17, 15) is 0 Å². The van der Waals surface area contributed by atoms with Crippen molar-refractivity contribution in [2.24, 2.45) is 0 Å². The fourth-order valence-corrected chi connectivity index (χ4v) is 4.15. The summed E-state index contributed by atoms with van der Waals surface area (Å²) >= 11 is 0. The van der Waals surface area contributed by atoms with Gasteiger partial charge in [-0.1, -0.05) is 54.6 Å². The first-order chi connectivity index (χ1) is 15.0. The Morgan fingerprint density at radius 2 is 1.71 bits per heavy atom. The minimum atomic E-state index is -0.515. The van der Waals surface area contributed by atoms with Gasteiger partial charge in [-0.05, 0) is 55.7 Å². The van der Waals surface area contributed by atoms with Gasteiger partial charge in [0.2, 0.25) is 0 Å². The van der Waals surface area contributed by atoms with Crippen LogP contribution in [0.25, 0.3) is 0 Å². The molecule has 0 spiro atoms. The Morgan fingerprint density at radius 1 is 0.968 bits per heavy atom. The Hall–Kier alpha value is -2.82. The summed E-state index contributed by atoms with van der Waals surface area (Å²) in [4.78, 5) is 0. The number of fused-ring (bicyclic) bond motifs is 1. The highest BCUT2D eigenvalue weighted by atomic mass is 16.6. The third-order valence-corrected chi connectivity index (χ3v) is 5.92. The van der Waals surface area contributed by atoms with Crippen LogP contribution in [-0.2, 0) is 22.6 Å². The normalized spacial score (nSPS) is 19.4. The zero-order chi connectivity index (χ0) is 21.8. The van der Waals surface area contributed by atoms with E-state index in [2.05, 4.69) is 74.6 Å². The molecule has 0 bridgehead atoms. The highest BCUT2D eigenvalue weighted by Crippen LogP contribution is 2.44. The molecule has 31 heavy (non-hydrogen) atoms. The van der Waals surface area contributed by atoms with E-state index in [1.807, 2.05) is 24.3 Å². The van der Waals surface area contributed by atoms with Crippen molar-refractivity contribution in [1.82, 2.24) is 0 Å². The molecule has 1 aliphatic rings. The van der Waals surface area contributed by atoms with Crippen molar-refractivity contribution in [3.63, 3.8) is 0 Å². The number of benzene rings is 3. The Balaban J connectivity index is 1.55. The van der Waals surface area contributed by atoms with Crippen molar-refractivity contribution in [3.05, 3.63) is 95.1 Å². The third kappa shape index (κ3) is 4.76. The molecule has 162 valence electrons. The quantitative estimate of drug-likeness (QED) is 0.508. The largest absolute Gasteiger partial charge is 0.485 e.